The van der Waals surface area contributed by atoms with Gasteiger partial charge in [0.05, 0.1) is 7.11 Å². The number of rotatable bonds is 7. The fraction of sp³-hybridized carbons (Fsp3) is 0.536. The highest BCUT2D eigenvalue weighted by Gasteiger charge is 2.29. The first-order valence-electron chi connectivity index (χ1n) is 11.9. The molecule has 0 spiro atoms. The number of carbonyl (C=O) groups excluding carboxylic acids is 2. The second kappa shape index (κ2) is 21.4. The van der Waals surface area contributed by atoms with Crippen LogP contribution in [-0.4, -0.2) is 30.0 Å². The molecule has 36 heavy (non-hydrogen) atoms. The molecule has 1 atom stereocenters. The largest absolute Gasteiger partial charge is 0.481 e. The summed E-state index contributed by atoms with van der Waals surface area (Å²) in [6, 6.07) is 5.22. The Kier molecular flexibility index (Phi) is 22.4. The molecule has 0 aliphatic carbocycles. The molecule has 1 aromatic heterocycles. The molecule has 0 fully saturated rings. The van der Waals surface area contributed by atoms with Gasteiger partial charge in [0, 0.05) is 18.1 Å². The standard InChI is InChI=1S/C9H11F3.C9H12N2O2.C7H16.C3H6O/c1-4-7(2)5-6-8(3)9(10,11)12;1-3-8(12)10-7-5-4-6-9(11-7)13-2;1-5-7(4)6(2)3;1-3(2)4/h4-6H,1H2,2-3H3;4-6H,3H2,1-2H3,(H,10,11,12);6-7H,5H2,1-4H3;1-2H3/b7-5-,8-6+;;;. The van der Waals surface area contributed by atoms with Crippen LogP contribution in [0.4, 0.5) is 19.0 Å². The van der Waals surface area contributed by atoms with Gasteiger partial charge in [0.1, 0.15) is 11.6 Å². The third kappa shape index (κ3) is 24.2. The number of aromatic nitrogens is 1. The molecule has 0 aromatic carbocycles. The number of anilines is 1. The maximum absolute atomic E-state index is 11.9. The van der Waals surface area contributed by atoms with Gasteiger partial charge in [-0.1, -0.05) is 77.5 Å². The average molecular weight is 515 g/mol. The summed E-state index contributed by atoms with van der Waals surface area (Å²) in [5, 5.41) is 2.64. The van der Waals surface area contributed by atoms with E-state index in [0.29, 0.717) is 23.7 Å². The highest BCUT2D eigenvalue weighted by atomic mass is 19.4. The molecule has 0 aliphatic heterocycles. The summed E-state index contributed by atoms with van der Waals surface area (Å²) in [7, 11) is 1.54. The highest BCUT2D eigenvalue weighted by molar-refractivity contribution is 5.89. The van der Waals surface area contributed by atoms with Crippen molar-refractivity contribution in [3.8, 4) is 5.88 Å². The van der Waals surface area contributed by atoms with E-state index in [9.17, 15) is 22.8 Å². The zero-order valence-corrected chi connectivity index (χ0v) is 23.5. The molecular weight excluding hydrogens is 469 g/mol. The first-order chi connectivity index (χ1) is 16.5. The van der Waals surface area contributed by atoms with Crippen molar-refractivity contribution in [3.63, 3.8) is 0 Å². The van der Waals surface area contributed by atoms with Crippen LogP contribution in [0.1, 0.15) is 75.2 Å². The van der Waals surface area contributed by atoms with E-state index in [-0.39, 0.29) is 11.7 Å². The summed E-state index contributed by atoms with van der Waals surface area (Å²) in [5.41, 5.74) is 0.0994. The highest BCUT2D eigenvalue weighted by Crippen LogP contribution is 2.24. The van der Waals surface area contributed by atoms with Crippen molar-refractivity contribution in [2.75, 3.05) is 12.4 Å². The number of allylic oxidation sites excluding steroid dienone is 5. The van der Waals surface area contributed by atoms with Crippen molar-refractivity contribution in [2.45, 2.75) is 81.3 Å². The first kappa shape index (κ1) is 37.6. The molecule has 0 bridgehead atoms. The van der Waals surface area contributed by atoms with Crippen LogP contribution in [0.2, 0.25) is 0 Å². The number of pyridine rings is 1. The van der Waals surface area contributed by atoms with Crippen LogP contribution in [0.25, 0.3) is 0 Å². The summed E-state index contributed by atoms with van der Waals surface area (Å²) >= 11 is 0. The van der Waals surface area contributed by atoms with E-state index in [0.717, 1.165) is 24.8 Å². The maximum atomic E-state index is 11.9. The summed E-state index contributed by atoms with van der Waals surface area (Å²) < 4.78 is 40.5. The van der Waals surface area contributed by atoms with E-state index in [1.54, 1.807) is 32.0 Å². The van der Waals surface area contributed by atoms with Crippen LogP contribution in [0.3, 0.4) is 0 Å². The number of ketones is 1. The number of hydrogen-bond acceptors (Lipinski definition) is 4. The second-order valence-electron chi connectivity index (χ2n) is 8.47. The molecule has 8 heteroatoms. The van der Waals surface area contributed by atoms with E-state index in [2.05, 4.69) is 44.6 Å². The average Bonchev–Trinajstić information content (AvgIpc) is 2.81. The van der Waals surface area contributed by atoms with Crippen molar-refractivity contribution in [1.82, 2.24) is 4.98 Å². The summed E-state index contributed by atoms with van der Waals surface area (Å²) in [5.74, 6) is 2.89. The second-order valence-corrected chi connectivity index (χ2v) is 8.47. The van der Waals surface area contributed by atoms with E-state index in [1.165, 1.54) is 39.5 Å². The lowest BCUT2D eigenvalue weighted by molar-refractivity contribution is -0.116. The van der Waals surface area contributed by atoms with Crippen molar-refractivity contribution < 1.29 is 27.5 Å². The number of ether oxygens (including phenoxy) is 1. The van der Waals surface area contributed by atoms with Crippen LogP contribution in [0.15, 0.2) is 54.2 Å². The Morgan fingerprint density at radius 1 is 1.08 bits per heavy atom. The minimum Gasteiger partial charge on any atom is -0.481 e. The molecule has 0 aliphatic rings. The minimum atomic E-state index is -4.22. The van der Waals surface area contributed by atoms with Crippen molar-refractivity contribution in [3.05, 3.63) is 54.2 Å². The van der Waals surface area contributed by atoms with Crippen LogP contribution < -0.4 is 10.1 Å². The lowest BCUT2D eigenvalue weighted by Gasteiger charge is -2.10. The molecule has 1 heterocycles. The molecule has 1 aromatic rings. The molecule has 1 amide bonds. The van der Waals surface area contributed by atoms with Crippen LogP contribution in [0.5, 0.6) is 5.88 Å². The van der Waals surface area contributed by atoms with Crippen LogP contribution in [0, 0.1) is 11.8 Å². The van der Waals surface area contributed by atoms with Gasteiger partial charge in [0.15, 0.2) is 0 Å². The van der Waals surface area contributed by atoms with E-state index in [4.69, 9.17) is 4.74 Å². The van der Waals surface area contributed by atoms with Gasteiger partial charge < -0.3 is 14.8 Å². The SMILES string of the molecule is C=C/C(C)=C\C=C(/C)C(F)(F)F.CC(C)=O.CCC(=O)Nc1cccc(OC)n1.CCC(C)C(C)C. The molecular formula is C28H45F3N2O3. The molecule has 0 saturated carbocycles. The van der Waals surface area contributed by atoms with E-state index >= 15 is 0 Å². The van der Waals surface area contributed by atoms with Gasteiger partial charge in [-0.3, -0.25) is 4.79 Å². The zero-order chi connectivity index (χ0) is 28.9. The van der Waals surface area contributed by atoms with Crippen molar-refractivity contribution >= 4 is 17.5 Å². The third-order valence-corrected chi connectivity index (χ3v) is 4.67. The fourth-order valence-electron chi connectivity index (χ4n) is 1.72. The lowest BCUT2D eigenvalue weighted by Crippen LogP contribution is -2.10. The number of hydrogen-bond donors (Lipinski definition) is 1. The summed E-state index contributed by atoms with van der Waals surface area (Å²) in [6.07, 6.45) is 1.46. The predicted octanol–water partition coefficient (Wildman–Crippen LogP) is 8.35. The van der Waals surface area contributed by atoms with Crippen LogP contribution in [-0.2, 0) is 9.59 Å². The molecule has 0 saturated heterocycles. The number of amides is 1. The number of methoxy groups -OCH3 is 1. The molecule has 206 valence electrons. The predicted molar refractivity (Wildman–Crippen MR) is 144 cm³/mol. The maximum Gasteiger partial charge on any atom is 0.412 e. The normalized spacial score (nSPS) is 11.9. The Labute approximate surface area is 215 Å². The van der Waals surface area contributed by atoms with Gasteiger partial charge in [-0.25, -0.2) is 0 Å². The van der Waals surface area contributed by atoms with Gasteiger partial charge >= 0.3 is 6.18 Å². The Morgan fingerprint density at radius 3 is 1.94 bits per heavy atom. The Morgan fingerprint density at radius 2 is 1.61 bits per heavy atom. The van der Waals surface area contributed by atoms with Gasteiger partial charge in [-0.2, -0.15) is 18.2 Å². The molecule has 1 unspecified atom stereocenters. The van der Waals surface area contributed by atoms with Crippen molar-refractivity contribution in [2.24, 2.45) is 11.8 Å². The number of nitrogens with one attached hydrogen (secondary N) is 1. The van der Waals surface area contributed by atoms with Crippen molar-refractivity contribution in [1.29, 1.82) is 0 Å². The Bertz CT molecular complexity index is 826. The summed E-state index contributed by atoms with van der Waals surface area (Å²) in [6.45, 7) is 20.1. The Hall–Kier alpha value is -2.90. The number of alkyl halides is 3. The van der Waals surface area contributed by atoms with Gasteiger partial charge in [0.25, 0.3) is 0 Å². The van der Waals surface area contributed by atoms with Gasteiger partial charge in [0.2, 0.25) is 11.8 Å². The topological polar surface area (TPSA) is 68.3 Å². The smallest absolute Gasteiger partial charge is 0.412 e. The summed E-state index contributed by atoms with van der Waals surface area (Å²) in [4.78, 5) is 24.5. The van der Waals surface area contributed by atoms with E-state index in [1.807, 2.05) is 0 Å². The van der Waals surface area contributed by atoms with Crippen LogP contribution >= 0.6 is 0 Å². The molecule has 1 rings (SSSR count). The zero-order valence-electron chi connectivity index (χ0n) is 23.5. The monoisotopic (exact) mass is 514 g/mol. The Balaban J connectivity index is -0.000000437. The molecule has 0 radical (unpaired) electrons. The first-order valence-corrected chi connectivity index (χ1v) is 11.9. The van der Waals surface area contributed by atoms with E-state index < -0.39 is 11.7 Å². The fourth-order valence-corrected chi connectivity index (χ4v) is 1.72. The van der Waals surface area contributed by atoms with Gasteiger partial charge in [-0.15, -0.1) is 0 Å². The van der Waals surface area contributed by atoms with Gasteiger partial charge in [-0.05, 0) is 45.6 Å². The molecule has 5 nitrogen and oxygen atoms in total. The number of halogens is 3. The lowest BCUT2D eigenvalue weighted by atomic mass is 9.96. The third-order valence-electron chi connectivity index (χ3n) is 4.67. The molecule has 1 N–H and O–H groups in total. The minimum absolute atomic E-state index is 0.0549. The quantitative estimate of drug-likeness (QED) is 0.371. The number of nitrogens with zero attached hydrogens (tertiary/aromatic N) is 1. The number of Topliss-reactive ketones (excluding diaryl/α,β-unsaturated/α-hetero) is 1. The number of carbonyl (C=O) groups is 2.